The normalized spacial score (nSPS) is 25.6. The summed E-state index contributed by atoms with van der Waals surface area (Å²) in [4.78, 5) is 21.1. The zero-order chi connectivity index (χ0) is 14.3. The molecule has 2 fully saturated rings. The van der Waals surface area contributed by atoms with Gasteiger partial charge in [-0.1, -0.05) is 12.8 Å². The van der Waals surface area contributed by atoms with Crippen LogP contribution in [0.3, 0.4) is 0 Å². The van der Waals surface area contributed by atoms with Crippen molar-refractivity contribution in [2.75, 3.05) is 11.4 Å². The van der Waals surface area contributed by atoms with Gasteiger partial charge in [-0.3, -0.25) is 10.1 Å². The molecule has 20 heavy (non-hydrogen) atoms. The molecule has 2 aliphatic rings. The van der Waals surface area contributed by atoms with Crippen LogP contribution in [-0.4, -0.2) is 27.5 Å². The summed E-state index contributed by atoms with van der Waals surface area (Å²) in [5.41, 5.74) is 0.338. The molecule has 108 valence electrons. The molecule has 1 aromatic rings. The van der Waals surface area contributed by atoms with Crippen molar-refractivity contribution in [3.8, 4) is 0 Å². The summed E-state index contributed by atoms with van der Waals surface area (Å²) in [7, 11) is 0. The van der Waals surface area contributed by atoms with E-state index in [0.29, 0.717) is 23.5 Å². The van der Waals surface area contributed by atoms with E-state index in [9.17, 15) is 10.1 Å². The van der Waals surface area contributed by atoms with Gasteiger partial charge in [0.15, 0.2) is 0 Å². The van der Waals surface area contributed by atoms with Gasteiger partial charge in [0.1, 0.15) is 5.69 Å². The van der Waals surface area contributed by atoms with Gasteiger partial charge >= 0.3 is 5.69 Å². The molecule has 1 aromatic heterocycles. The average Bonchev–Trinajstić information content (AvgIpc) is 2.80. The van der Waals surface area contributed by atoms with Crippen molar-refractivity contribution in [1.29, 1.82) is 0 Å². The third kappa shape index (κ3) is 2.22. The van der Waals surface area contributed by atoms with E-state index >= 15 is 0 Å². The van der Waals surface area contributed by atoms with Crippen LogP contribution in [0.25, 0.3) is 0 Å². The summed E-state index contributed by atoms with van der Waals surface area (Å²) in [6, 6.07) is 0.368. The first-order valence-corrected chi connectivity index (χ1v) is 7.41. The van der Waals surface area contributed by atoms with Gasteiger partial charge in [-0.2, -0.15) is 4.98 Å². The average molecular weight is 297 g/mol. The molecule has 0 spiro atoms. The van der Waals surface area contributed by atoms with Crippen LogP contribution in [0.15, 0.2) is 0 Å². The summed E-state index contributed by atoms with van der Waals surface area (Å²) >= 11 is 5.91. The van der Waals surface area contributed by atoms with E-state index in [1.807, 2.05) is 0 Å². The second-order valence-electron chi connectivity index (χ2n) is 5.60. The molecule has 1 saturated carbocycles. The van der Waals surface area contributed by atoms with Crippen LogP contribution in [-0.2, 0) is 0 Å². The maximum atomic E-state index is 11.3. The Labute approximate surface area is 122 Å². The zero-order valence-electron chi connectivity index (χ0n) is 11.4. The Morgan fingerprint density at radius 1 is 1.30 bits per heavy atom. The highest BCUT2D eigenvalue weighted by Gasteiger charge is 2.39. The first-order chi connectivity index (χ1) is 9.58. The van der Waals surface area contributed by atoms with Crippen molar-refractivity contribution >= 4 is 23.1 Å². The quantitative estimate of drug-likeness (QED) is 0.476. The third-order valence-electron chi connectivity index (χ3n) is 4.48. The Balaban J connectivity index is 2.03. The lowest BCUT2D eigenvalue weighted by Gasteiger charge is -2.32. The summed E-state index contributed by atoms with van der Waals surface area (Å²) in [6.45, 7) is 2.44. The first kappa shape index (κ1) is 13.5. The molecule has 1 aliphatic carbocycles. The summed E-state index contributed by atoms with van der Waals surface area (Å²) in [5, 5.41) is 11.4. The fourth-order valence-electron chi connectivity index (χ4n) is 3.60. The SMILES string of the molecule is Cc1nc(Cl)nc(N2CCC3CCCCC32)c1[N+](=O)[O-]. The van der Waals surface area contributed by atoms with E-state index in [-0.39, 0.29) is 11.0 Å². The van der Waals surface area contributed by atoms with Crippen LogP contribution in [0.1, 0.15) is 37.8 Å². The Morgan fingerprint density at radius 2 is 2.05 bits per heavy atom. The van der Waals surface area contributed by atoms with E-state index in [0.717, 1.165) is 19.4 Å². The van der Waals surface area contributed by atoms with Crippen molar-refractivity contribution in [3.05, 3.63) is 21.1 Å². The number of aromatic nitrogens is 2. The zero-order valence-corrected chi connectivity index (χ0v) is 12.1. The van der Waals surface area contributed by atoms with Gasteiger partial charge in [0, 0.05) is 12.6 Å². The van der Waals surface area contributed by atoms with Crippen molar-refractivity contribution in [3.63, 3.8) is 0 Å². The van der Waals surface area contributed by atoms with Crippen molar-refractivity contribution in [2.24, 2.45) is 5.92 Å². The number of halogens is 1. The maximum Gasteiger partial charge on any atom is 0.332 e. The Kier molecular flexibility index (Phi) is 3.50. The summed E-state index contributed by atoms with van der Waals surface area (Å²) in [6.07, 6.45) is 5.83. The molecule has 6 nitrogen and oxygen atoms in total. The van der Waals surface area contributed by atoms with E-state index in [1.54, 1.807) is 6.92 Å². The number of anilines is 1. The third-order valence-corrected chi connectivity index (χ3v) is 4.65. The lowest BCUT2D eigenvalue weighted by atomic mass is 9.85. The second kappa shape index (κ2) is 5.16. The molecule has 1 saturated heterocycles. The minimum absolute atomic E-state index is 0.000577. The number of nitro groups is 1. The first-order valence-electron chi connectivity index (χ1n) is 7.03. The number of aryl methyl sites for hydroxylation is 1. The van der Waals surface area contributed by atoms with E-state index in [2.05, 4.69) is 14.9 Å². The highest BCUT2D eigenvalue weighted by Crippen LogP contribution is 2.41. The van der Waals surface area contributed by atoms with Crippen LogP contribution < -0.4 is 4.90 Å². The molecular formula is C13H17ClN4O2. The molecule has 3 rings (SSSR count). The predicted octanol–water partition coefficient (Wildman–Crippen LogP) is 3.12. The van der Waals surface area contributed by atoms with Crippen LogP contribution in [0.5, 0.6) is 0 Å². The number of hydrogen-bond acceptors (Lipinski definition) is 5. The van der Waals surface area contributed by atoms with Gasteiger partial charge in [-0.15, -0.1) is 0 Å². The molecule has 2 atom stereocenters. The lowest BCUT2D eigenvalue weighted by molar-refractivity contribution is -0.385. The molecule has 7 heteroatoms. The Hall–Kier alpha value is -1.43. The summed E-state index contributed by atoms with van der Waals surface area (Å²) < 4.78 is 0. The highest BCUT2D eigenvalue weighted by molar-refractivity contribution is 6.28. The van der Waals surface area contributed by atoms with Gasteiger partial charge in [-0.05, 0) is 43.7 Å². The number of nitrogens with zero attached hydrogens (tertiary/aromatic N) is 4. The van der Waals surface area contributed by atoms with Gasteiger partial charge < -0.3 is 4.90 Å². The van der Waals surface area contributed by atoms with Gasteiger partial charge in [-0.25, -0.2) is 4.98 Å². The van der Waals surface area contributed by atoms with Crippen LogP contribution in [0, 0.1) is 23.0 Å². The number of fused-ring (bicyclic) bond motifs is 1. The molecule has 0 bridgehead atoms. The van der Waals surface area contributed by atoms with Gasteiger partial charge in [0.05, 0.1) is 4.92 Å². The number of rotatable bonds is 2. The smallest absolute Gasteiger partial charge is 0.332 e. The minimum Gasteiger partial charge on any atom is -0.347 e. The number of hydrogen-bond donors (Lipinski definition) is 0. The molecular weight excluding hydrogens is 280 g/mol. The van der Waals surface area contributed by atoms with Crippen molar-refractivity contribution in [1.82, 2.24) is 9.97 Å². The predicted molar refractivity (Wildman–Crippen MR) is 76.1 cm³/mol. The van der Waals surface area contributed by atoms with E-state index < -0.39 is 4.92 Å². The Bertz CT molecular complexity index is 551. The maximum absolute atomic E-state index is 11.3. The molecule has 0 amide bonds. The standard InChI is InChI=1S/C13H17ClN4O2/c1-8-11(18(19)20)12(16-13(14)15-8)17-7-6-9-4-2-3-5-10(9)17/h9-10H,2-7H2,1H3. The van der Waals surface area contributed by atoms with E-state index in [4.69, 9.17) is 11.6 Å². The monoisotopic (exact) mass is 296 g/mol. The molecule has 0 radical (unpaired) electrons. The summed E-state index contributed by atoms with van der Waals surface area (Å²) in [5.74, 6) is 1.04. The van der Waals surface area contributed by atoms with Gasteiger partial charge in [0.25, 0.3) is 0 Å². The minimum atomic E-state index is -0.392. The van der Waals surface area contributed by atoms with Crippen molar-refractivity contribution in [2.45, 2.75) is 45.1 Å². The molecule has 2 unspecified atom stereocenters. The molecule has 1 aliphatic heterocycles. The second-order valence-corrected chi connectivity index (χ2v) is 5.94. The van der Waals surface area contributed by atoms with Crippen LogP contribution in [0.2, 0.25) is 5.28 Å². The van der Waals surface area contributed by atoms with Crippen LogP contribution in [0.4, 0.5) is 11.5 Å². The molecule has 0 aromatic carbocycles. The molecule has 0 N–H and O–H groups in total. The largest absolute Gasteiger partial charge is 0.347 e. The fourth-order valence-corrected chi connectivity index (χ4v) is 3.81. The molecule has 2 heterocycles. The lowest BCUT2D eigenvalue weighted by Crippen LogP contribution is -2.35. The van der Waals surface area contributed by atoms with E-state index in [1.165, 1.54) is 19.3 Å². The van der Waals surface area contributed by atoms with Crippen molar-refractivity contribution < 1.29 is 4.92 Å². The topological polar surface area (TPSA) is 72.2 Å². The van der Waals surface area contributed by atoms with Gasteiger partial charge in [0.2, 0.25) is 11.1 Å². The van der Waals surface area contributed by atoms with Crippen LogP contribution >= 0.6 is 11.6 Å². The Morgan fingerprint density at radius 3 is 2.80 bits per heavy atom. The fraction of sp³-hybridized carbons (Fsp3) is 0.692. The highest BCUT2D eigenvalue weighted by atomic mass is 35.5.